The molecule has 0 aliphatic heterocycles. The Balaban J connectivity index is 1.63. The quantitative estimate of drug-likeness (QED) is 0.631. The summed E-state index contributed by atoms with van der Waals surface area (Å²) < 4.78 is 23.7. The summed E-state index contributed by atoms with van der Waals surface area (Å²) in [5.41, 5.74) is 0.389. The standard InChI is InChI=1S/C18H12Cl2FNO3/c19-11-1-7-15(20)16(9-11)22-18(23)17-8-6-14(25-17)10-24-13-4-2-12(21)3-5-13/h1-9H,10H2,(H,22,23). The van der Waals surface area contributed by atoms with Crippen LogP contribution in [0, 0.1) is 5.82 Å². The van der Waals surface area contributed by atoms with E-state index in [1.165, 1.54) is 30.3 Å². The Hall–Kier alpha value is -2.50. The van der Waals surface area contributed by atoms with Crippen molar-refractivity contribution in [2.24, 2.45) is 0 Å². The summed E-state index contributed by atoms with van der Waals surface area (Å²) in [6.07, 6.45) is 0. The number of hydrogen-bond acceptors (Lipinski definition) is 3. The highest BCUT2D eigenvalue weighted by molar-refractivity contribution is 6.35. The number of halogens is 3. The average Bonchev–Trinajstić information content (AvgIpc) is 3.07. The zero-order chi connectivity index (χ0) is 17.8. The van der Waals surface area contributed by atoms with E-state index in [1.54, 1.807) is 24.3 Å². The molecule has 1 heterocycles. The molecule has 1 N–H and O–H groups in total. The van der Waals surface area contributed by atoms with Gasteiger partial charge in [0.05, 0.1) is 10.7 Å². The second-order valence-corrected chi connectivity index (χ2v) is 5.93. The summed E-state index contributed by atoms with van der Waals surface area (Å²) in [6.45, 7) is 0.108. The van der Waals surface area contributed by atoms with Crippen molar-refractivity contribution in [2.75, 3.05) is 5.32 Å². The van der Waals surface area contributed by atoms with Gasteiger partial charge in [-0.25, -0.2) is 4.39 Å². The van der Waals surface area contributed by atoms with Crippen LogP contribution in [0.25, 0.3) is 0 Å². The third kappa shape index (κ3) is 4.53. The van der Waals surface area contributed by atoms with E-state index < -0.39 is 5.91 Å². The predicted molar refractivity (Wildman–Crippen MR) is 93.9 cm³/mol. The van der Waals surface area contributed by atoms with Gasteiger partial charge in [-0.1, -0.05) is 23.2 Å². The fourth-order valence-corrected chi connectivity index (χ4v) is 2.38. The van der Waals surface area contributed by atoms with Crippen LogP contribution >= 0.6 is 23.2 Å². The Bertz CT molecular complexity index is 894. The van der Waals surface area contributed by atoms with E-state index in [2.05, 4.69) is 5.32 Å². The number of nitrogens with one attached hydrogen (secondary N) is 1. The number of carbonyl (C=O) groups is 1. The van der Waals surface area contributed by atoms with Crippen molar-refractivity contribution in [2.45, 2.75) is 6.61 Å². The molecule has 3 rings (SSSR count). The second kappa shape index (κ2) is 7.59. The van der Waals surface area contributed by atoms with E-state index in [0.29, 0.717) is 27.2 Å². The van der Waals surface area contributed by atoms with Crippen molar-refractivity contribution in [1.29, 1.82) is 0 Å². The summed E-state index contributed by atoms with van der Waals surface area (Å²) in [5.74, 6) is 0.246. The summed E-state index contributed by atoms with van der Waals surface area (Å²) in [6, 6.07) is 13.5. The molecule has 0 aliphatic rings. The number of amides is 1. The second-order valence-electron chi connectivity index (χ2n) is 5.09. The minimum atomic E-state index is -0.461. The molecule has 1 amide bonds. The molecule has 0 atom stereocenters. The predicted octanol–water partition coefficient (Wildman–Crippen LogP) is 5.56. The van der Waals surface area contributed by atoms with Crippen molar-refractivity contribution in [3.05, 3.63) is 82.0 Å². The molecular weight excluding hydrogens is 368 g/mol. The molecular formula is C18H12Cl2FNO3. The lowest BCUT2D eigenvalue weighted by Crippen LogP contribution is -2.11. The maximum absolute atomic E-state index is 12.8. The van der Waals surface area contributed by atoms with E-state index in [9.17, 15) is 9.18 Å². The first-order valence-electron chi connectivity index (χ1n) is 7.25. The lowest BCUT2D eigenvalue weighted by atomic mass is 10.3. The van der Waals surface area contributed by atoms with Gasteiger partial charge < -0.3 is 14.5 Å². The van der Waals surface area contributed by atoms with Gasteiger partial charge in [0.25, 0.3) is 5.91 Å². The first kappa shape index (κ1) is 17.3. The van der Waals surface area contributed by atoms with E-state index in [1.807, 2.05) is 0 Å². The molecule has 0 aliphatic carbocycles. The van der Waals surface area contributed by atoms with Crippen LogP contribution in [0.3, 0.4) is 0 Å². The van der Waals surface area contributed by atoms with Gasteiger partial charge in [-0.05, 0) is 54.6 Å². The van der Waals surface area contributed by atoms with Gasteiger partial charge in [0, 0.05) is 5.02 Å². The van der Waals surface area contributed by atoms with Crippen LogP contribution in [0.5, 0.6) is 5.75 Å². The average molecular weight is 380 g/mol. The van der Waals surface area contributed by atoms with E-state index in [-0.39, 0.29) is 18.2 Å². The smallest absolute Gasteiger partial charge is 0.291 e. The molecule has 0 spiro atoms. The highest BCUT2D eigenvalue weighted by Gasteiger charge is 2.13. The maximum Gasteiger partial charge on any atom is 0.291 e. The van der Waals surface area contributed by atoms with Gasteiger partial charge in [0.2, 0.25) is 0 Å². The topological polar surface area (TPSA) is 51.5 Å². The zero-order valence-corrected chi connectivity index (χ0v) is 14.3. The molecule has 0 saturated heterocycles. The summed E-state index contributed by atoms with van der Waals surface area (Å²) >= 11 is 11.9. The van der Waals surface area contributed by atoms with E-state index in [4.69, 9.17) is 32.4 Å². The Kier molecular flexibility index (Phi) is 5.26. The number of furan rings is 1. The number of hydrogen-bond donors (Lipinski definition) is 1. The number of benzene rings is 2. The van der Waals surface area contributed by atoms with Crippen LogP contribution in [0.4, 0.5) is 10.1 Å². The molecule has 0 bridgehead atoms. The van der Waals surface area contributed by atoms with Crippen LogP contribution in [0.15, 0.2) is 59.0 Å². The molecule has 0 radical (unpaired) electrons. The van der Waals surface area contributed by atoms with Crippen molar-refractivity contribution in [3.63, 3.8) is 0 Å². The molecule has 128 valence electrons. The molecule has 0 fully saturated rings. The van der Waals surface area contributed by atoms with Crippen LogP contribution in [0.2, 0.25) is 10.0 Å². The van der Waals surface area contributed by atoms with Gasteiger partial charge in [-0.2, -0.15) is 0 Å². The summed E-state index contributed by atoms with van der Waals surface area (Å²) in [4.78, 5) is 12.2. The monoisotopic (exact) mass is 379 g/mol. The highest BCUT2D eigenvalue weighted by atomic mass is 35.5. The van der Waals surface area contributed by atoms with Gasteiger partial charge in [0.1, 0.15) is 23.9 Å². The molecule has 2 aromatic carbocycles. The number of rotatable bonds is 5. The molecule has 25 heavy (non-hydrogen) atoms. The summed E-state index contributed by atoms with van der Waals surface area (Å²) in [7, 11) is 0. The number of carbonyl (C=O) groups excluding carboxylic acids is 1. The first-order valence-corrected chi connectivity index (χ1v) is 8.00. The van der Waals surface area contributed by atoms with Crippen molar-refractivity contribution >= 4 is 34.8 Å². The SMILES string of the molecule is O=C(Nc1cc(Cl)ccc1Cl)c1ccc(COc2ccc(F)cc2)o1. The van der Waals surface area contributed by atoms with Crippen molar-refractivity contribution in [3.8, 4) is 5.75 Å². The molecule has 1 aromatic heterocycles. The van der Waals surface area contributed by atoms with Crippen molar-refractivity contribution < 1.29 is 18.3 Å². The van der Waals surface area contributed by atoms with Crippen LogP contribution in [0.1, 0.15) is 16.3 Å². The largest absolute Gasteiger partial charge is 0.486 e. The minimum absolute atomic E-state index is 0.105. The molecule has 7 heteroatoms. The Morgan fingerprint density at radius 1 is 1.08 bits per heavy atom. The molecule has 0 unspecified atom stereocenters. The highest BCUT2D eigenvalue weighted by Crippen LogP contribution is 2.26. The van der Waals surface area contributed by atoms with Crippen LogP contribution < -0.4 is 10.1 Å². The Morgan fingerprint density at radius 2 is 1.84 bits per heavy atom. The van der Waals surface area contributed by atoms with Crippen molar-refractivity contribution in [1.82, 2.24) is 0 Å². The lowest BCUT2D eigenvalue weighted by molar-refractivity contribution is 0.0992. The number of anilines is 1. The van der Waals surface area contributed by atoms with E-state index >= 15 is 0 Å². The van der Waals surface area contributed by atoms with E-state index in [0.717, 1.165) is 0 Å². The molecule has 3 aromatic rings. The van der Waals surface area contributed by atoms with Crippen LogP contribution in [-0.4, -0.2) is 5.91 Å². The lowest BCUT2D eigenvalue weighted by Gasteiger charge is -2.06. The van der Waals surface area contributed by atoms with Gasteiger partial charge in [-0.15, -0.1) is 0 Å². The number of ether oxygens (including phenoxy) is 1. The van der Waals surface area contributed by atoms with Gasteiger partial charge >= 0.3 is 0 Å². The maximum atomic E-state index is 12.8. The van der Waals surface area contributed by atoms with Gasteiger partial charge in [-0.3, -0.25) is 4.79 Å². The Morgan fingerprint density at radius 3 is 2.60 bits per heavy atom. The zero-order valence-electron chi connectivity index (χ0n) is 12.8. The molecule has 0 saturated carbocycles. The third-order valence-corrected chi connectivity index (χ3v) is 3.82. The Labute approximate surface area is 153 Å². The van der Waals surface area contributed by atoms with Gasteiger partial charge in [0.15, 0.2) is 5.76 Å². The first-order chi connectivity index (χ1) is 12.0. The third-order valence-electron chi connectivity index (χ3n) is 3.26. The minimum Gasteiger partial charge on any atom is -0.486 e. The molecule has 4 nitrogen and oxygen atoms in total. The fourth-order valence-electron chi connectivity index (χ4n) is 2.04. The summed E-state index contributed by atoms with van der Waals surface area (Å²) in [5, 5.41) is 3.45. The normalized spacial score (nSPS) is 10.5. The van der Waals surface area contributed by atoms with Crippen LogP contribution in [-0.2, 0) is 6.61 Å². The fraction of sp³-hybridized carbons (Fsp3) is 0.0556.